The highest BCUT2D eigenvalue weighted by Gasteiger charge is 2.10. The summed E-state index contributed by atoms with van der Waals surface area (Å²) in [5.41, 5.74) is 3.88. The Bertz CT molecular complexity index is 660. The van der Waals surface area contributed by atoms with E-state index in [1.165, 1.54) is 0 Å². The van der Waals surface area contributed by atoms with Crippen LogP contribution in [0.4, 0.5) is 5.69 Å². The lowest BCUT2D eigenvalue weighted by molar-refractivity contribution is -0.115. The Balaban J connectivity index is 2.11. The number of carbonyl (C=O) groups excluding carboxylic acids is 1. The second-order valence-electron chi connectivity index (χ2n) is 5.28. The molecule has 1 N–H and O–H groups in total. The Morgan fingerprint density at radius 3 is 2.27 bits per heavy atom. The molecule has 0 bridgehead atoms. The SMILES string of the molecule is COc1ccc(CC(=O)Nc2cc(C)cc(C)c2)c(OC)c1. The van der Waals surface area contributed by atoms with E-state index in [-0.39, 0.29) is 12.3 Å². The average Bonchev–Trinajstić information content (AvgIpc) is 2.46. The summed E-state index contributed by atoms with van der Waals surface area (Å²) in [5.74, 6) is 1.28. The number of hydrogen-bond donors (Lipinski definition) is 1. The molecular weight excluding hydrogens is 278 g/mol. The first-order chi connectivity index (χ1) is 10.5. The number of nitrogens with one attached hydrogen (secondary N) is 1. The van der Waals surface area contributed by atoms with Gasteiger partial charge in [-0.1, -0.05) is 12.1 Å². The smallest absolute Gasteiger partial charge is 0.228 e. The van der Waals surface area contributed by atoms with E-state index in [2.05, 4.69) is 11.4 Å². The lowest BCUT2D eigenvalue weighted by Crippen LogP contribution is -2.15. The number of rotatable bonds is 5. The molecule has 2 aromatic rings. The van der Waals surface area contributed by atoms with Crippen molar-refractivity contribution in [1.29, 1.82) is 0 Å². The lowest BCUT2D eigenvalue weighted by Gasteiger charge is -2.11. The minimum atomic E-state index is -0.0755. The molecule has 4 heteroatoms. The van der Waals surface area contributed by atoms with Gasteiger partial charge in [-0.15, -0.1) is 0 Å². The van der Waals surface area contributed by atoms with Crippen LogP contribution in [-0.4, -0.2) is 20.1 Å². The predicted molar refractivity (Wildman–Crippen MR) is 87.8 cm³/mol. The molecule has 0 radical (unpaired) electrons. The van der Waals surface area contributed by atoms with Crippen molar-refractivity contribution in [3.8, 4) is 11.5 Å². The number of ether oxygens (including phenoxy) is 2. The van der Waals surface area contributed by atoms with Crippen LogP contribution in [0.3, 0.4) is 0 Å². The summed E-state index contributed by atoms with van der Waals surface area (Å²) in [7, 11) is 3.18. The summed E-state index contributed by atoms with van der Waals surface area (Å²) >= 11 is 0. The number of carbonyl (C=O) groups is 1. The summed E-state index contributed by atoms with van der Waals surface area (Å²) in [5, 5.41) is 2.93. The maximum absolute atomic E-state index is 12.2. The molecule has 0 aliphatic rings. The Kier molecular flexibility index (Phi) is 5.04. The Hall–Kier alpha value is -2.49. The van der Waals surface area contributed by atoms with E-state index in [9.17, 15) is 4.79 Å². The normalized spacial score (nSPS) is 10.2. The molecule has 0 aromatic heterocycles. The first-order valence-electron chi connectivity index (χ1n) is 7.11. The van der Waals surface area contributed by atoms with Gasteiger partial charge in [-0.05, 0) is 43.2 Å². The third-order valence-electron chi connectivity index (χ3n) is 3.35. The zero-order chi connectivity index (χ0) is 16.1. The van der Waals surface area contributed by atoms with Gasteiger partial charge >= 0.3 is 0 Å². The number of aryl methyl sites for hydroxylation is 2. The molecule has 0 unspecified atom stereocenters. The third-order valence-corrected chi connectivity index (χ3v) is 3.35. The van der Waals surface area contributed by atoms with Gasteiger partial charge in [0.2, 0.25) is 5.91 Å². The van der Waals surface area contributed by atoms with Crippen LogP contribution in [-0.2, 0) is 11.2 Å². The molecule has 0 aliphatic heterocycles. The molecule has 116 valence electrons. The fourth-order valence-electron chi connectivity index (χ4n) is 2.42. The maximum Gasteiger partial charge on any atom is 0.228 e. The van der Waals surface area contributed by atoms with Gasteiger partial charge < -0.3 is 14.8 Å². The number of anilines is 1. The minimum absolute atomic E-state index is 0.0755. The second kappa shape index (κ2) is 6.98. The highest BCUT2D eigenvalue weighted by atomic mass is 16.5. The topological polar surface area (TPSA) is 47.6 Å². The fourth-order valence-corrected chi connectivity index (χ4v) is 2.42. The number of methoxy groups -OCH3 is 2. The Labute approximate surface area is 131 Å². The fraction of sp³-hybridized carbons (Fsp3) is 0.278. The molecule has 2 rings (SSSR count). The molecule has 0 saturated carbocycles. The van der Waals surface area contributed by atoms with Crippen LogP contribution in [0.1, 0.15) is 16.7 Å². The molecule has 0 saturated heterocycles. The molecule has 0 atom stereocenters. The first-order valence-corrected chi connectivity index (χ1v) is 7.11. The van der Waals surface area contributed by atoms with Crippen molar-refractivity contribution in [1.82, 2.24) is 0 Å². The standard InChI is InChI=1S/C18H21NO3/c1-12-7-13(2)9-15(8-12)19-18(20)10-14-5-6-16(21-3)11-17(14)22-4/h5-9,11H,10H2,1-4H3,(H,19,20). The van der Waals surface area contributed by atoms with E-state index in [0.29, 0.717) is 11.5 Å². The van der Waals surface area contributed by atoms with Crippen LogP contribution in [0.5, 0.6) is 11.5 Å². The van der Waals surface area contributed by atoms with Gasteiger partial charge in [-0.3, -0.25) is 4.79 Å². The Morgan fingerprint density at radius 2 is 1.68 bits per heavy atom. The van der Waals surface area contributed by atoms with Gasteiger partial charge in [0.1, 0.15) is 11.5 Å². The molecule has 1 amide bonds. The molecule has 0 spiro atoms. The lowest BCUT2D eigenvalue weighted by atomic mass is 10.1. The quantitative estimate of drug-likeness (QED) is 0.919. The second-order valence-corrected chi connectivity index (χ2v) is 5.28. The van der Waals surface area contributed by atoms with Crippen LogP contribution in [0.2, 0.25) is 0 Å². The van der Waals surface area contributed by atoms with E-state index < -0.39 is 0 Å². The number of benzene rings is 2. The van der Waals surface area contributed by atoms with Crippen LogP contribution in [0, 0.1) is 13.8 Å². The van der Waals surface area contributed by atoms with Crippen molar-refractivity contribution in [3.05, 3.63) is 53.1 Å². The summed E-state index contributed by atoms with van der Waals surface area (Å²) in [4.78, 5) is 12.2. The maximum atomic E-state index is 12.2. The third kappa shape index (κ3) is 4.01. The number of hydrogen-bond acceptors (Lipinski definition) is 3. The summed E-state index contributed by atoms with van der Waals surface area (Å²) in [6, 6.07) is 11.4. The van der Waals surface area contributed by atoms with E-state index in [1.807, 2.05) is 38.1 Å². The molecule has 0 fully saturated rings. The van der Waals surface area contributed by atoms with Gasteiger partial charge in [0.25, 0.3) is 0 Å². The first kappa shape index (κ1) is 15.9. The zero-order valence-electron chi connectivity index (χ0n) is 13.4. The van der Waals surface area contributed by atoms with Crippen molar-refractivity contribution in [2.24, 2.45) is 0 Å². The highest BCUT2D eigenvalue weighted by molar-refractivity contribution is 5.92. The van der Waals surface area contributed by atoms with Crippen molar-refractivity contribution >= 4 is 11.6 Å². The van der Waals surface area contributed by atoms with Gasteiger partial charge in [-0.2, -0.15) is 0 Å². The van der Waals surface area contributed by atoms with E-state index in [1.54, 1.807) is 20.3 Å². The molecular formula is C18H21NO3. The molecule has 4 nitrogen and oxygen atoms in total. The van der Waals surface area contributed by atoms with Crippen molar-refractivity contribution < 1.29 is 14.3 Å². The van der Waals surface area contributed by atoms with E-state index >= 15 is 0 Å². The average molecular weight is 299 g/mol. The van der Waals surface area contributed by atoms with Crippen LogP contribution < -0.4 is 14.8 Å². The summed E-state index contributed by atoms with van der Waals surface area (Å²) in [6.45, 7) is 4.02. The minimum Gasteiger partial charge on any atom is -0.497 e. The highest BCUT2D eigenvalue weighted by Crippen LogP contribution is 2.25. The molecule has 0 aliphatic carbocycles. The molecule has 2 aromatic carbocycles. The van der Waals surface area contributed by atoms with Crippen molar-refractivity contribution in [2.75, 3.05) is 19.5 Å². The van der Waals surface area contributed by atoms with E-state index in [0.717, 1.165) is 22.4 Å². The zero-order valence-corrected chi connectivity index (χ0v) is 13.4. The largest absolute Gasteiger partial charge is 0.497 e. The monoisotopic (exact) mass is 299 g/mol. The van der Waals surface area contributed by atoms with Gasteiger partial charge in [0.15, 0.2) is 0 Å². The number of amides is 1. The van der Waals surface area contributed by atoms with Gasteiger partial charge in [-0.25, -0.2) is 0 Å². The summed E-state index contributed by atoms with van der Waals surface area (Å²) < 4.78 is 10.5. The van der Waals surface area contributed by atoms with Crippen molar-refractivity contribution in [2.45, 2.75) is 20.3 Å². The van der Waals surface area contributed by atoms with Gasteiger partial charge in [0, 0.05) is 17.3 Å². The van der Waals surface area contributed by atoms with Gasteiger partial charge in [0.05, 0.1) is 20.6 Å². The van der Waals surface area contributed by atoms with Crippen LogP contribution in [0.25, 0.3) is 0 Å². The van der Waals surface area contributed by atoms with Crippen molar-refractivity contribution in [3.63, 3.8) is 0 Å². The van der Waals surface area contributed by atoms with Crippen LogP contribution in [0.15, 0.2) is 36.4 Å². The summed E-state index contributed by atoms with van der Waals surface area (Å²) in [6.07, 6.45) is 0.250. The predicted octanol–water partition coefficient (Wildman–Crippen LogP) is 3.50. The van der Waals surface area contributed by atoms with Crippen LogP contribution >= 0.6 is 0 Å². The molecule has 0 heterocycles. The van der Waals surface area contributed by atoms with E-state index in [4.69, 9.17) is 9.47 Å². The Morgan fingerprint density at radius 1 is 1.00 bits per heavy atom. The molecule has 22 heavy (non-hydrogen) atoms.